The summed E-state index contributed by atoms with van der Waals surface area (Å²) in [4.78, 5) is 0. The first kappa shape index (κ1) is 10.0. The van der Waals surface area contributed by atoms with Crippen molar-refractivity contribution in [3.8, 4) is 0 Å². The van der Waals surface area contributed by atoms with Crippen molar-refractivity contribution >= 4 is 38.3 Å². The summed E-state index contributed by atoms with van der Waals surface area (Å²) < 4.78 is 5.32. The van der Waals surface area contributed by atoms with Gasteiger partial charge >= 0.3 is 0 Å². The lowest BCUT2D eigenvalue weighted by atomic mass is 10.8. The Labute approximate surface area is 68.8 Å². The van der Waals surface area contributed by atoms with Crippen LogP contribution in [0.1, 0.15) is 13.8 Å². The highest BCUT2D eigenvalue weighted by molar-refractivity contribution is 7.97. The van der Waals surface area contributed by atoms with Gasteiger partial charge in [-0.1, -0.05) is 23.6 Å². The predicted octanol–water partition coefficient (Wildman–Crippen LogP) is 2.51. The van der Waals surface area contributed by atoms with E-state index in [0.717, 1.165) is 14.7 Å². The van der Waals surface area contributed by atoms with Crippen LogP contribution in [-0.2, 0) is 28.4 Å². The fourth-order valence-electron chi connectivity index (χ4n) is 0.335. The summed E-state index contributed by atoms with van der Waals surface area (Å²) in [7, 11) is 1.72. The highest BCUT2D eigenvalue weighted by Gasteiger charge is 2.01. The largest absolute Gasteiger partial charge is 0.356 e. The van der Waals surface area contributed by atoms with Gasteiger partial charge in [-0.2, -0.15) is 0 Å². The van der Waals surface area contributed by atoms with Crippen molar-refractivity contribution in [3.05, 3.63) is 0 Å². The molecule has 9 heavy (non-hydrogen) atoms. The molecule has 0 aromatic rings. The summed E-state index contributed by atoms with van der Waals surface area (Å²) in [5, 5.41) is 0. The standard InChI is InChI=1S/C4H8OP2S2/c1-3(6-8)5-4(2)7-9/h3-4H,1-2H3. The molecule has 2 atom stereocenters. The second kappa shape index (κ2) is 5.76. The molecule has 1 nitrogen and oxygen atoms in total. The first-order valence-corrected chi connectivity index (χ1v) is 6.46. The molecule has 0 heterocycles. The Balaban J connectivity index is 3.45. The maximum Gasteiger partial charge on any atom is 0.107 e. The van der Waals surface area contributed by atoms with Crippen molar-refractivity contribution < 1.29 is 4.74 Å². The van der Waals surface area contributed by atoms with Crippen molar-refractivity contribution in [1.82, 2.24) is 0 Å². The zero-order chi connectivity index (χ0) is 7.28. The van der Waals surface area contributed by atoms with Gasteiger partial charge in [0, 0.05) is 14.7 Å². The summed E-state index contributed by atoms with van der Waals surface area (Å²) in [5.74, 6) is 0.288. The number of hydrogen-bond acceptors (Lipinski definition) is 3. The quantitative estimate of drug-likeness (QED) is 0.642. The fourth-order valence-corrected chi connectivity index (χ4v) is 1.19. The molecule has 0 spiro atoms. The third kappa shape index (κ3) is 5.44. The fraction of sp³-hybridized carbons (Fsp3) is 1.00. The van der Waals surface area contributed by atoms with Gasteiger partial charge in [-0.05, 0) is 13.8 Å². The summed E-state index contributed by atoms with van der Waals surface area (Å²) in [6, 6.07) is 0. The molecule has 5 heteroatoms. The van der Waals surface area contributed by atoms with Gasteiger partial charge < -0.3 is 4.74 Å². The minimum atomic E-state index is 0.144. The molecule has 0 aliphatic carbocycles. The second-order valence-electron chi connectivity index (χ2n) is 1.55. The molecule has 52 valence electrons. The van der Waals surface area contributed by atoms with Crippen LogP contribution in [0.2, 0.25) is 0 Å². The van der Waals surface area contributed by atoms with E-state index in [1.165, 1.54) is 0 Å². The van der Waals surface area contributed by atoms with Crippen LogP contribution < -0.4 is 0 Å². The molecule has 0 N–H and O–H groups in total. The Bertz CT molecular complexity index is 96.7. The van der Waals surface area contributed by atoms with Crippen LogP contribution in [0.3, 0.4) is 0 Å². The van der Waals surface area contributed by atoms with Crippen LogP contribution in [0.25, 0.3) is 0 Å². The molecule has 0 aromatic heterocycles. The van der Waals surface area contributed by atoms with Crippen molar-refractivity contribution in [2.75, 3.05) is 0 Å². The van der Waals surface area contributed by atoms with E-state index in [1.807, 2.05) is 13.8 Å². The number of rotatable bonds is 4. The Hall–Kier alpha value is 1.00. The zero-order valence-electron chi connectivity index (χ0n) is 5.27. The van der Waals surface area contributed by atoms with Gasteiger partial charge in [0.25, 0.3) is 0 Å². The average molecular weight is 198 g/mol. The van der Waals surface area contributed by atoms with E-state index in [1.54, 1.807) is 0 Å². The topological polar surface area (TPSA) is 9.23 Å². The second-order valence-corrected chi connectivity index (χ2v) is 4.69. The van der Waals surface area contributed by atoms with Crippen LogP contribution in [0, 0.1) is 0 Å². The van der Waals surface area contributed by atoms with Crippen LogP contribution >= 0.6 is 14.7 Å². The summed E-state index contributed by atoms with van der Waals surface area (Å²) in [5.41, 5.74) is 0. The molecule has 0 bridgehead atoms. The van der Waals surface area contributed by atoms with Crippen LogP contribution in [0.15, 0.2) is 0 Å². The van der Waals surface area contributed by atoms with Gasteiger partial charge in [0.05, 0.1) is 0 Å². The summed E-state index contributed by atoms with van der Waals surface area (Å²) >= 11 is 9.50. The zero-order valence-corrected chi connectivity index (χ0v) is 8.70. The van der Waals surface area contributed by atoms with Gasteiger partial charge in [0.2, 0.25) is 0 Å². The lowest BCUT2D eigenvalue weighted by molar-refractivity contribution is 0.112. The molecule has 0 saturated carbocycles. The van der Waals surface area contributed by atoms with E-state index in [9.17, 15) is 0 Å². The van der Waals surface area contributed by atoms with Gasteiger partial charge in [-0.3, -0.25) is 0 Å². The van der Waals surface area contributed by atoms with Crippen molar-refractivity contribution in [2.45, 2.75) is 25.5 Å². The minimum Gasteiger partial charge on any atom is -0.356 e. The molecule has 0 aromatic carbocycles. The number of ether oxygens (including phenoxy) is 1. The van der Waals surface area contributed by atoms with Crippen LogP contribution in [0.5, 0.6) is 0 Å². The predicted molar refractivity (Wildman–Crippen MR) is 48.6 cm³/mol. The first-order valence-electron chi connectivity index (χ1n) is 2.51. The van der Waals surface area contributed by atoms with E-state index in [4.69, 9.17) is 28.4 Å². The normalized spacial score (nSPS) is 18.0. The highest BCUT2D eigenvalue weighted by atomic mass is 32.4. The maximum absolute atomic E-state index is 5.32. The summed E-state index contributed by atoms with van der Waals surface area (Å²) in [6.45, 7) is 3.90. The molecular weight excluding hydrogens is 190 g/mol. The van der Waals surface area contributed by atoms with Crippen LogP contribution in [0.4, 0.5) is 0 Å². The van der Waals surface area contributed by atoms with E-state index in [2.05, 4.69) is 0 Å². The molecular formula is C4H8OP2S2. The lowest BCUT2D eigenvalue weighted by Crippen LogP contribution is -2.05. The summed E-state index contributed by atoms with van der Waals surface area (Å²) in [6.07, 6.45) is 0. The Morgan fingerprint density at radius 3 is 1.67 bits per heavy atom. The Morgan fingerprint density at radius 2 is 1.44 bits per heavy atom. The molecule has 0 fully saturated rings. The van der Waals surface area contributed by atoms with Crippen LogP contribution in [-0.4, -0.2) is 11.7 Å². The molecule has 0 aliphatic heterocycles. The Morgan fingerprint density at radius 1 is 1.11 bits per heavy atom. The van der Waals surface area contributed by atoms with E-state index >= 15 is 0 Å². The maximum atomic E-state index is 5.32. The van der Waals surface area contributed by atoms with Gasteiger partial charge in [-0.25, -0.2) is 0 Å². The molecule has 0 radical (unpaired) electrons. The van der Waals surface area contributed by atoms with Gasteiger partial charge in [0.15, 0.2) is 0 Å². The third-order valence-corrected chi connectivity index (χ3v) is 3.31. The SMILES string of the molecule is CC(OC(C)P=S)P=S. The minimum absolute atomic E-state index is 0.144. The van der Waals surface area contributed by atoms with Crippen molar-refractivity contribution in [2.24, 2.45) is 0 Å². The monoisotopic (exact) mass is 198 g/mol. The first-order chi connectivity index (χ1) is 4.20. The number of hydrogen-bond donors (Lipinski definition) is 0. The smallest absolute Gasteiger partial charge is 0.107 e. The van der Waals surface area contributed by atoms with Crippen molar-refractivity contribution in [1.29, 1.82) is 0 Å². The van der Waals surface area contributed by atoms with Gasteiger partial charge in [-0.15, -0.1) is 0 Å². The average Bonchev–Trinajstić information content (AvgIpc) is 1.87. The molecule has 0 saturated heterocycles. The van der Waals surface area contributed by atoms with E-state index in [-0.39, 0.29) is 11.7 Å². The lowest BCUT2D eigenvalue weighted by Gasteiger charge is -2.08. The molecule has 0 aliphatic rings. The Kier molecular flexibility index (Phi) is 6.40. The third-order valence-electron chi connectivity index (χ3n) is 0.691. The van der Waals surface area contributed by atoms with Crippen molar-refractivity contribution in [3.63, 3.8) is 0 Å². The highest BCUT2D eigenvalue weighted by Crippen LogP contribution is 2.15. The molecule has 0 amide bonds. The molecule has 2 unspecified atom stereocenters. The van der Waals surface area contributed by atoms with E-state index < -0.39 is 0 Å². The molecule has 0 rings (SSSR count). The van der Waals surface area contributed by atoms with E-state index in [0.29, 0.717) is 0 Å². The van der Waals surface area contributed by atoms with Gasteiger partial charge in [0.1, 0.15) is 11.7 Å².